The van der Waals surface area contributed by atoms with E-state index in [2.05, 4.69) is 39.8 Å². The highest BCUT2D eigenvalue weighted by Gasteiger charge is 2.20. The minimum atomic E-state index is -0.121. The van der Waals surface area contributed by atoms with E-state index >= 15 is 0 Å². The summed E-state index contributed by atoms with van der Waals surface area (Å²) in [5.74, 6) is 0.437. The third kappa shape index (κ3) is 8.30. The van der Waals surface area contributed by atoms with E-state index in [1.165, 1.54) is 5.56 Å². The fourth-order valence-corrected chi connectivity index (χ4v) is 4.24. The maximum atomic E-state index is 12.1. The van der Waals surface area contributed by atoms with Gasteiger partial charge in [0.15, 0.2) is 5.11 Å². The number of amides is 1. The molecule has 5 nitrogen and oxygen atoms in total. The van der Waals surface area contributed by atoms with Crippen LogP contribution >= 0.6 is 35.4 Å². The number of ether oxygens (including phenoxy) is 1. The first kappa shape index (κ1) is 23.8. The van der Waals surface area contributed by atoms with E-state index in [1.54, 1.807) is 18.2 Å². The minimum Gasteiger partial charge on any atom is -0.492 e. The number of nitrogens with zero attached hydrogens (tertiary/aromatic N) is 1. The molecule has 8 heteroatoms. The molecule has 2 aromatic carbocycles. The lowest BCUT2D eigenvalue weighted by Crippen LogP contribution is -2.48. The molecule has 1 aliphatic rings. The number of piperidine rings is 1. The Labute approximate surface area is 199 Å². The highest BCUT2D eigenvalue weighted by atomic mass is 35.5. The van der Waals surface area contributed by atoms with Crippen molar-refractivity contribution < 1.29 is 9.53 Å². The third-order valence-corrected chi connectivity index (χ3v) is 5.87. The fourth-order valence-electron chi connectivity index (χ4n) is 3.49. The van der Waals surface area contributed by atoms with Gasteiger partial charge >= 0.3 is 0 Å². The van der Waals surface area contributed by atoms with Crippen molar-refractivity contribution in [3.8, 4) is 5.75 Å². The highest BCUT2D eigenvalue weighted by molar-refractivity contribution is 7.80. The number of rotatable bonds is 8. The van der Waals surface area contributed by atoms with Crippen LogP contribution in [-0.2, 0) is 11.3 Å². The molecule has 0 unspecified atom stereocenters. The number of halogens is 2. The van der Waals surface area contributed by atoms with Gasteiger partial charge in [0.1, 0.15) is 5.75 Å². The summed E-state index contributed by atoms with van der Waals surface area (Å²) in [7, 11) is 0. The second-order valence-electron chi connectivity index (χ2n) is 7.58. The van der Waals surface area contributed by atoms with E-state index in [0.29, 0.717) is 40.4 Å². The Bertz CT molecular complexity index is 874. The van der Waals surface area contributed by atoms with Crippen molar-refractivity contribution in [3.63, 3.8) is 0 Å². The van der Waals surface area contributed by atoms with Gasteiger partial charge in [-0.25, -0.2) is 0 Å². The molecule has 2 aromatic rings. The van der Waals surface area contributed by atoms with Crippen molar-refractivity contribution in [2.24, 2.45) is 0 Å². The maximum absolute atomic E-state index is 12.1. The number of thiocarbonyl (C=S) groups is 1. The molecule has 0 atom stereocenters. The quantitative estimate of drug-likeness (QED) is 0.420. The van der Waals surface area contributed by atoms with Crippen LogP contribution in [0.2, 0.25) is 10.0 Å². The Balaban J connectivity index is 1.28. The summed E-state index contributed by atoms with van der Waals surface area (Å²) < 4.78 is 5.60. The number of likely N-dealkylation sites (tertiary alicyclic amines) is 1. The van der Waals surface area contributed by atoms with Gasteiger partial charge in [0.25, 0.3) is 0 Å². The molecule has 1 heterocycles. The Morgan fingerprint density at radius 2 is 1.87 bits per heavy atom. The Morgan fingerprint density at radius 3 is 2.58 bits per heavy atom. The molecule has 3 rings (SSSR count). The van der Waals surface area contributed by atoms with E-state index in [1.807, 2.05) is 6.07 Å². The number of nitrogens with one attached hydrogen (secondary N) is 2. The number of hydrogen-bond acceptors (Lipinski definition) is 4. The smallest absolute Gasteiger partial charge is 0.226 e. The lowest BCUT2D eigenvalue weighted by Gasteiger charge is -2.32. The van der Waals surface area contributed by atoms with E-state index in [-0.39, 0.29) is 11.9 Å². The normalized spacial score (nSPS) is 14.8. The largest absolute Gasteiger partial charge is 0.492 e. The van der Waals surface area contributed by atoms with E-state index in [9.17, 15) is 4.79 Å². The monoisotopic (exact) mass is 479 g/mol. The lowest BCUT2D eigenvalue weighted by molar-refractivity contribution is -0.119. The molecule has 0 bridgehead atoms. The summed E-state index contributed by atoms with van der Waals surface area (Å²) in [6.45, 7) is 3.37. The van der Waals surface area contributed by atoms with Crippen molar-refractivity contribution in [1.29, 1.82) is 0 Å². The van der Waals surface area contributed by atoms with Gasteiger partial charge in [-0.05, 0) is 55.2 Å². The van der Waals surface area contributed by atoms with Crippen LogP contribution in [0.5, 0.6) is 5.75 Å². The number of benzene rings is 2. The highest BCUT2D eigenvalue weighted by Crippen LogP contribution is 2.27. The summed E-state index contributed by atoms with van der Waals surface area (Å²) in [5.41, 5.74) is 1.33. The molecular formula is C23H27Cl2N3O2S. The van der Waals surface area contributed by atoms with Crippen LogP contribution in [-0.4, -0.2) is 41.7 Å². The second kappa shape index (κ2) is 12.2. The lowest BCUT2D eigenvalue weighted by atomic mass is 10.0. The van der Waals surface area contributed by atoms with Gasteiger partial charge in [0.2, 0.25) is 5.91 Å². The van der Waals surface area contributed by atoms with Crippen LogP contribution < -0.4 is 15.4 Å². The average Bonchev–Trinajstić information content (AvgIpc) is 2.74. The average molecular weight is 480 g/mol. The Hall–Kier alpha value is -1.86. The minimum absolute atomic E-state index is 0.121. The molecule has 0 saturated carbocycles. The summed E-state index contributed by atoms with van der Waals surface area (Å²) >= 11 is 17.2. The summed E-state index contributed by atoms with van der Waals surface area (Å²) in [6, 6.07) is 15.8. The second-order valence-corrected chi connectivity index (χ2v) is 8.84. The zero-order valence-corrected chi connectivity index (χ0v) is 19.6. The Morgan fingerprint density at radius 1 is 1.13 bits per heavy atom. The molecule has 166 valence electrons. The predicted octanol–water partition coefficient (Wildman–Crippen LogP) is 4.81. The first-order valence-electron chi connectivity index (χ1n) is 10.4. The van der Waals surface area contributed by atoms with Crippen molar-refractivity contribution >= 4 is 46.4 Å². The first-order valence-corrected chi connectivity index (χ1v) is 11.6. The van der Waals surface area contributed by atoms with Gasteiger partial charge in [-0.3, -0.25) is 9.69 Å². The molecule has 31 heavy (non-hydrogen) atoms. The molecule has 0 radical (unpaired) electrons. The molecule has 2 N–H and O–H groups in total. The zero-order chi connectivity index (χ0) is 22.1. The van der Waals surface area contributed by atoms with Crippen molar-refractivity contribution in [3.05, 3.63) is 64.1 Å². The molecule has 0 aliphatic carbocycles. The molecular weight excluding hydrogens is 453 g/mol. The Kier molecular flexibility index (Phi) is 9.40. The fraction of sp³-hybridized carbons (Fsp3) is 0.391. The first-order chi connectivity index (χ1) is 15.0. The molecule has 1 fully saturated rings. The van der Waals surface area contributed by atoms with Gasteiger partial charge in [0.05, 0.1) is 11.6 Å². The SMILES string of the molecule is O=C(CCCOc1ccc(Cl)cc1Cl)NC(=S)NC1CCN(Cc2ccccc2)CC1. The van der Waals surface area contributed by atoms with Gasteiger partial charge < -0.3 is 15.4 Å². The maximum Gasteiger partial charge on any atom is 0.226 e. The third-order valence-electron chi connectivity index (χ3n) is 5.12. The van der Waals surface area contributed by atoms with E-state index in [4.69, 9.17) is 40.2 Å². The predicted molar refractivity (Wildman–Crippen MR) is 130 cm³/mol. The van der Waals surface area contributed by atoms with E-state index < -0.39 is 0 Å². The van der Waals surface area contributed by atoms with Crippen LogP contribution in [0.4, 0.5) is 0 Å². The van der Waals surface area contributed by atoms with Crippen LogP contribution in [0, 0.1) is 0 Å². The van der Waals surface area contributed by atoms with Crippen molar-refractivity contribution in [2.75, 3.05) is 19.7 Å². The van der Waals surface area contributed by atoms with Crippen LogP contribution in [0.15, 0.2) is 48.5 Å². The van der Waals surface area contributed by atoms with Gasteiger partial charge in [-0.2, -0.15) is 0 Å². The number of carbonyl (C=O) groups is 1. The summed E-state index contributed by atoms with van der Waals surface area (Å²) in [5, 5.41) is 7.45. The zero-order valence-electron chi connectivity index (χ0n) is 17.3. The van der Waals surface area contributed by atoms with Crippen LogP contribution in [0.3, 0.4) is 0 Å². The van der Waals surface area contributed by atoms with Gasteiger partial charge in [0, 0.05) is 37.1 Å². The van der Waals surface area contributed by atoms with Crippen molar-refractivity contribution in [2.45, 2.75) is 38.3 Å². The topological polar surface area (TPSA) is 53.6 Å². The molecule has 0 spiro atoms. The van der Waals surface area contributed by atoms with E-state index in [0.717, 1.165) is 32.5 Å². The number of carbonyl (C=O) groups excluding carboxylic acids is 1. The summed E-state index contributed by atoms with van der Waals surface area (Å²) in [4.78, 5) is 14.6. The molecule has 1 aliphatic heterocycles. The number of hydrogen-bond donors (Lipinski definition) is 2. The molecule has 1 amide bonds. The molecule has 0 aromatic heterocycles. The van der Waals surface area contributed by atoms with Crippen molar-refractivity contribution in [1.82, 2.24) is 15.5 Å². The summed E-state index contributed by atoms with van der Waals surface area (Å²) in [6.07, 6.45) is 2.88. The van der Waals surface area contributed by atoms with Crippen LogP contribution in [0.1, 0.15) is 31.2 Å². The standard InChI is InChI=1S/C23H27Cl2N3O2S/c24-18-8-9-21(20(25)15-18)30-14-4-7-22(29)27-23(31)26-19-10-12-28(13-11-19)16-17-5-2-1-3-6-17/h1-3,5-6,8-9,15,19H,4,7,10-14,16H2,(H2,26,27,29,31). The van der Waals surface area contributed by atoms with Crippen LogP contribution in [0.25, 0.3) is 0 Å². The van der Waals surface area contributed by atoms with Gasteiger partial charge in [-0.1, -0.05) is 53.5 Å². The molecule has 1 saturated heterocycles. The van der Waals surface area contributed by atoms with Gasteiger partial charge in [-0.15, -0.1) is 0 Å².